The number of rotatable bonds is 7. The fourth-order valence-corrected chi connectivity index (χ4v) is 11.6. The molecule has 352 valence electrons. The fourth-order valence-electron chi connectivity index (χ4n) is 11.6. The van der Waals surface area contributed by atoms with Gasteiger partial charge in [-0.2, -0.15) is 0 Å². The quantitative estimate of drug-likeness (QED) is 0.160. The van der Waals surface area contributed by atoms with Crippen molar-refractivity contribution < 1.29 is 0 Å². The summed E-state index contributed by atoms with van der Waals surface area (Å²) in [5.41, 5.74) is 23.8. The molecule has 14 aromatic rings. The third-order valence-corrected chi connectivity index (χ3v) is 15.2. The minimum absolute atomic E-state index is 0.709. The van der Waals surface area contributed by atoms with Crippen molar-refractivity contribution in [2.24, 2.45) is 0 Å². The van der Waals surface area contributed by atoms with Crippen LogP contribution >= 0.6 is 0 Å². The summed E-state index contributed by atoms with van der Waals surface area (Å²) >= 11 is 0. The van der Waals surface area contributed by atoms with E-state index in [0.717, 1.165) is 72.9 Å². The molecule has 0 amide bonds. The van der Waals surface area contributed by atoms with Crippen LogP contribution in [0.4, 0.5) is 0 Å². The van der Waals surface area contributed by atoms with Gasteiger partial charge in [-0.1, -0.05) is 150 Å². The van der Waals surface area contributed by atoms with E-state index in [1.165, 1.54) is 76.6 Å². The molecule has 0 fully saturated rings. The van der Waals surface area contributed by atoms with E-state index in [-0.39, 0.29) is 0 Å². The summed E-state index contributed by atoms with van der Waals surface area (Å²) in [6.07, 6.45) is 0. The number of aryl methyl sites for hydroxylation is 4. The number of nitrogens with zero attached hydrogens (tertiary/aromatic N) is 5. The van der Waals surface area contributed by atoms with Crippen molar-refractivity contribution in [1.29, 1.82) is 0 Å². The van der Waals surface area contributed by atoms with Crippen LogP contribution in [0.1, 0.15) is 27.8 Å². The predicted octanol–water partition coefficient (Wildman–Crippen LogP) is 18.0. The predicted molar refractivity (Wildman–Crippen MR) is 310 cm³/mol. The number of aromatic nitrogens is 5. The normalized spacial score (nSPS) is 11.9. The Morgan fingerprint density at radius 2 is 0.622 bits per heavy atom. The lowest BCUT2D eigenvalue weighted by atomic mass is 10.0. The minimum Gasteiger partial charge on any atom is -0.309 e. The Bertz CT molecular complexity index is 4440. The Balaban J connectivity index is 0.945. The van der Waals surface area contributed by atoms with Crippen LogP contribution in [-0.2, 0) is 0 Å². The van der Waals surface area contributed by atoms with E-state index in [9.17, 15) is 0 Å². The van der Waals surface area contributed by atoms with Crippen LogP contribution in [0.2, 0.25) is 0 Å². The van der Waals surface area contributed by atoms with Gasteiger partial charge in [0.1, 0.15) is 0 Å². The molecule has 0 saturated carbocycles. The summed E-state index contributed by atoms with van der Waals surface area (Å²) in [5.74, 6) is 0.709. The van der Waals surface area contributed by atoms with Gasteiger partial charge < -0.3 is 13.7 Å². The summed E-state index contributed by atoms with van der Waals surface area (Å²) in [4.78, 5) is 10.4. The topological polar surface area (TPSA) is 40.6 Å². The van der Waals surface area contributed by atoms with Crippen LogP contribution in [0, 0.1) is 34.6 Å². The third-order valence-electron chi connectivity index (χ3n) is 15.2. The van der Waals surface area contributed by atoms with Crippen molar-refractivity contribution in [2.75, 3.05) is 0 Å². The Kier molecular flexibility index (Phi) is 9.93. The molecular weight excluding hydrogens is 899 g/mol. The highest BCUT2D eigenvalue weighted by Crippen LogP contribution is 2.41. The van der Waals surface area contributed by atoms with Gasteiger partial charge in [0.05, 0.1) is 44.5 Å². The summed E-state index contributed by atoms with van der Waals surface area (Å²) in [6.45, 7) is 10.9. The monoisotopic (exact) mass is 949 g/mol. The Labute approximate surface area is 429 Å². The molecule has 0 radical (unpaired) electrons. The van der Waals surface area contributed by atoms with Crippen LogP contribution in [0.15, 0.2) is 218 Å². The first-order valence-electron chi connectivity index (χ1n) is 25.5. The Morgan fingerprint density at radius 1 is 0.257 bits per heavy atom. The van der Waals surface area contributed by atoms with Crippen molar-refractivity contribution in [1.82, 2.24) is 23.7 Å². The minimum atomic E-state index is 0.709. The van der Waals surface area contributed by atoms with Crippen molar-refractivity contribution in [3.63, 3.8) is 0 Å². The van der Waals surface area contributed by atoms with Gasteiger partial charge >= 0.3 is 0 Å². The average Bonchev–Trinajstić information content (AvgIpc) is 4.08. The third kappa shape index (κ3) is 6.99. The van der Waals surface area contributed by atoms with E-state index >= 15 is 0 Å². The number of hydrogen-bond acceptors (Lipinski definition) is 2. The van der Waals surface area contributed by atoms with Crippen molar-refractivity contribution in [3.05, 3.63) is 246 Å². The molecule has 74 heavy (non-hydrogen) atoms. The fraction of sp³-hybridized carbons (Fsp3) is 0.0725. The van der Waals surface area contributed by atoms with Gasteiger partial charge in [0, 0.05) is 71.6 Å². The van der Waals surface area contributed by atoms with Crippen LogP contribution in [-0.4, -0.2) is 23.7 Å². The second-order valence-electron chi connectivity index (χ2n) is 20.2. The average molecular weight is 950 g/mol. The van der Waals surface area contributed by atoms with E-state index in [2.05, 4.69) is 242 Å². The summed E-state index contributed by atoms with van der Waals surface area (Å²) < 4.78 is 7.30. The Hall–Kier alpha value is -9.32. The molecule has 4 aromatic heterocycles. The van der Waals surface area contributed by atoms with E-state index in [1.807, 2.05) is 24.3 Å². The summed E-state index contributed by atoms with van der Waals surface area (Å²) in [5, 5.41) is 7.51. The van der Waals surface area contributed by atoms with Crippen molar-refractivity contribution in [2.45, 2.75) is 34.6 Å². The lowest BCUT2D eigenvalue weighted by molar-refractivity contribution is 1.14. The maximum absolute atomic E-state index is 5.27. The van der Waals surface area contributed by atoms with Crippen LogP contribution in [0.3, 0.4) is 0 Å². The molecule has 14 rings (SSSR count). The molecule has 5 nitrogen and oxygen atoms in total. The largest absolute Gasteiger partial charge is 0.309 e. The molecule has 0 spiro atoms. The zero-order chi connectivity index (χ0) is 49.8. The Morgan fingerprint density at radius 3 is 1.11 bits per heavy atom. The first-order valence-corrected chi connectivity index (χ1v) is 25.5. The summed E-state index contributed by atoms with van der Waals surface area (Å²) in [6, 6.07) is 80.1. The second kappa shape index (κ2) is 16.9. The molecule has 0 bridgehead atoms. The van der Waals surface area contributed by atoms with Gasteiger partial charge in [0.2, 0.25) is 0 Å². The van der Waals surface area contributed by atoms with Gasteiger partial charge in [-0.15, -0.1) is 0 Å². The molecule has 0 N–H and O–H groups in total. The first-order chi connectivity index (χ1) is 36.2. The molecule has 0 unspecified atom stereocenters. The molecule has 0 saturated heterocycles. The van der Waals surface area contributed by atoms with E-state index in [1.54, 1.807) is 0 Å². The molecule has 5 heteroatoms. The van der Waals surface area contributed by atoms with Gasteiger partial charge in [-0.25, -0.2) is 9.97 Å². The number of hydrogen-bond donors (Lipinski definition) is 0. The molecule has 0 atom stereocenters. The van der Waals surface area contributed by atoms with Crippen molar-refractivity contribution >= 4 is 65.4 Å². The zero-order valence-electron chi connectivity index (χ0n) is 42.0. The maximum Gasteiger partial charge on any atom is 0.160 e. The number of fused-ring (bicyclic) bond motifs is 9. The second-order valence-corrected chi connectivity index (χ2v) is 20.2. The van der Waals surface area contributed by atoms with Gasteiger partial charge in [0.25, 0.3) is 0 Å². The van der Waals surface area contributed by atoms with Crippen molar-refractivity contribution in [3.8, 4) is 62.1 Å². The molecule has 4 heterocycles. The standard InChI is InChI=1S/C69H51N5/c1-42-16-32-61-57(36-42)58-37-43(2)17-33-62(58)72(61)52-25-20-47(21-26-52)51-24-30-55-56-31-29-54(74-63-34-18-44(3)38-59(63)60-39-45(4)19-35-64(60)74)41-66(56)73(65(55)40-51)53-27-22-49(23-28-53)68-46(5)67(48-12-8-6-9-13-48)70-69(71-68)50-14-10-7-11-15-50/h6-41H,1-5H3. The lowest BCUT2D eigenvalue weighted by Gasteiger charge is -2.15. The first kappa shape index (κ1) is 43.5. The number of benzene rings is 10. The van der Waals surface area contributed by atoms with Gasteiger partial charge in [0.15, 0.2) is 5.82 Å². The van der Waals surface area contributed by atoms with Crippen LogP contribution in [0.25, 0.3) is 128 Å². The molecule has 0 aliphatic rings. The van der Waals surface area contributed by atoms with Gasteiger partial charge in [-0.3, -0.25) is 0 Å². The highest BCUT2D eigenvalue weighted by Gasteiger charge is 2.21. The smallest absolute Gasteiger partial charge is 0.160 e. The molecule has 0 aliphatic carbocycles. The van der Waals surface area contributed by atoms with E-state index < -0.39 is 0 Å². The summed E-state index contributed by atoms with van der Waals surface area (Å²) in [7, 11) is 0. The zero-order valence-corrected chi connectivity index (χ0v) is 42.0. The van der Waals surface area contributed by atoms with Crippen LogP contribution in [0.5, 0.6) is 0 Å². The van der Waals surface area contributed by atoms with E-state index in [0.29, 0.717) is 5.82 Å². The molecular formula is C69H51N5. The highest BCUT2D eigenvalue weighted by molar-refractivity contribution is 6.13. The van der Waals surface area contributed by atoms with Crippen LogP contribution < -0.4 is 0 Å². The SMILES string of the molecule is Cc1ccc2c(c1)c1cc(C)ccc1n2-c1ccc(-c2ccc3c4ccc(-n5c6ccc(C)cc6c6cc(C)ccc65)cc4n(-c4ccc(-c5nc(-c6ccccc6)nc(-c6ccccc6)c5C)cc4)c3c2)cc1. The molecule has 10 aromatic carbocycles. The maximum atomic E-state index is 5.27. The molecule has 0 aliphatic heterocycles. The lowest BCUT2D eigenvalue weighted by Crippen LogP contribution is -2.01. The van der Waals surface area contributed by atoms with E-state index in [4.69, 9.17) is 9.97 Å². The highest BCUT2D eigenvalue weighted by atomic mass is 15.0. The van der Waals surface area contributed by atoms with Gasteiger partial charge in [-0.05, 0) is 137 Å².